The predicted octanol–water partition coefficient (Wildman–Crippen LogP) is 3.82. The molecule has 10 nitrogen and oxygen atoms in total. The Labute approximate surface area is 254 Å². The number of ether oxygens (including phenoxy) is 2. The normalized spacial score (nSPS) is 26.6. The highest BCUT2D eigenvalue weighted by Crippen LogP contribution is 2.58. The van der Waals surface area contributed by atoms with Gasteiger partial charge in [0.25, 0.3) is 11.8 Å². The van der Waals surface area contributed by atoms with Gasteiger partial charge in [-0.2, -0.15) is 5.26 Å². The summed E-state index contributed by atoms with van der Waals surface area (Å²) in [5.74, 6) is 0.455. The van der Waals surface area contributed by atoms with Gasteiger partial charge in [0.2, 0.25) is 6.79 Å². The number of phenols is 2. The van der Waals surface area contributed by atoms with Gasteiger partial charge in [-0.1, -0.05) is 18.2 Å². The number of aryl methyl sites for hydroxylation is 1. The number of nitrogens with zero attached hydrogens (tertiary/aromatic N) is 4. The number of amides is 2. The van der Waals surface area contributed by atoms with Gasteiger partial charge in [-0.05, 0) is 69.5 Å². The number of nitriles is 1. The molecule has 3 aromatic carbocycles. The number of benzene rings is 3. The summed E-state index contributed by atoms with van der Waals surface area (Å²) in [4.78, 5) is 32.9. The predicted molar refractivity (Wildman–Crippen MR) is 158 cm³/mol. The van der Waals surface area contributed by atoms with E-state index in [0.717, 1.165) is 22.3 Å². The fraction of sp³-hybridized carbons (Fsp3) is 0.382. The summed E-state index contributed by atoms with van der Waals surface area (Å²) in [6, 6.07) is 9.28. The van der Waals surface area contributed by atoms with Crippen LogP contribution in [-0.2, 0) is 12.8 Å². The quantitative estimate of drug-likeness (QED) is 0.427. The molecule has 0 aliphatic carbocycles. The molecule has 2 N–H and O–H groups in total. The van der Waals surface area contributed by atoms with E-state index in [4.69, 9.17) is 9.47 Å². The second kappa shape index (κ2) is 9.21. The second-order valence-corrected chi connectivity index (χ2v) is 12.6. The van der Waals surface area contributed by atoms with Crippen molar-refractivity contribution in [3.8, 4) is 29.1 Å². The molecule has 5 atom stereocenters. The highest BCUT2D eigenvalue weighted by molar-refractivity contribution is 6.21. The molecule has 0 radical (unpaired) electrons. The first-order valence-electron chi connectivity index (χ1n) is 14.9. The molecule has 44 heavy (non-hydrogen) atoms. The average Bonchev–Trinajstić information content (AvgIpc) is 3.59. The molecule has 5 aliphatic rings. The molecule has 1 fully saturated rings. The third-order valence-corrected chi connectivity index (χ3v) is 10.7. The lowest BCUT2D eigenvalue weighted by Crippen LogP contribution is -2.68. The lowest BCUT2D eigenvalue weighted by Gasteiger charge is -2.60. The van der Waals surface area contributed by atoms with Gasteiger partial charge in [0, 0.05) is 40.9 Å². The molecular formula is C34H32N4O6. The summed E-state index contributed by atoms with van der Waals surface area (Å²) in [5.41, 5.74) is 6.19. The van der Waals surface area contributed by atoms with Gasteiger partial charge in [0.15, 0.2) is 11.5 Å². The van der Waals surface area contributed by atoms with Gasteiger partial charge in [-0.3, -0.25) is 24.3 Å². The van der Waals surface area contributed by atoms with Crippen molar-refractivity contribution in [1.29, 1.82) is 5.26 Å². The molecule has 0 spiro atoms. The largest absolute Gasteiger partial charge is 0.507 e. The van der Waals surface area contributed by atoms with Crippen LogP contribution in [0.25, 0.3) is 0 Å². The summed E-state index contributed by atoms with van der Waals surface area (Å²) in [5, 5.41) is 34.0. The third-order valence-electron chi connectivity index (χ3n) is 10.7. The smallest absolute Gasteiger partial charge is 0.261 e. The van der Waals surface area contributed by atoms with Gasteiger partial charge in [-0.15, -0.1) is 0 Å². The van der Waals surface area contributed by atoms with Crippen molar-refractivity contribution in [3.05, 3.63) is 80.4 Å². The van der Waals surface area contributed by atoms with E-state index in [1.165, 1.54) is 4.90 Å². The summed E-state index contributed by atoms with van der Waals surface area (Å²) in [7, 11) is 1.99. The van der Waals surface area contributed by atoms with E-state index >= 15 is 0 Å². The Bertz CT molecular complexity index is 1830. The maximum absolute atomic E-state index is 13.7. The average molecular weight is 593 g/mol. The van der Waals surface area contributed by atoms with Gasteiger partial charge in [-0.25, -0.2) is 0 Å². The number of aromatic hydroxyl groups is 2. The van der Waals surface area contributed by atoms with Gasteiger partial charge in [0.1, 0.15) is 17.5 Å². The molecule has 5 heterocycles. The van der Waals surface area contributed by atoms with Crippen LogP contribution in [0, 0.1) is 32.1 Å². The zero-order chi connectivity index (χ0) is 30.8. The molecule has 224 valence electrons. The number of imide groups is 1. The topological polar surface area (TPSA) is 127 Å². The van der Waals surface area contributed by atoms with Crippen molar-refractivity contribution >= 4 is 11.8 Å². The Kier molecular flexibility index (Phi) is 5.65. The Morgan fingerprint density at radius 1 is 0.932 bits per heavy atom. The van der Waals surface area contributed by atoms with E-state index in [1.54, 1.807) is 31.2 Å². The van der Waals surface area contributed by atoms with Crippen LogP contribution < -0.4 is 9.47 Å². The van der Waals surface area contributed by atoms with Crippen LogP contribution in [0.2, 0.25) is 0 Å². The van der Waals surface area contributed by atoms with E-state index in [1.807, 2.05) is 20.9 Å². The molecule has 3 aromatic rings. The van der Waals surface area contributed by atoms with Crippen LogP contribution in [0.1, 0.15) is 71.7 Å². The number of phenolic OH excluding ortho intramolecular Hbond substituents is 2. The molecule has 5 aliphatic heterocycles. The fourth-order valence-electron chi connectivity index (χ4n) is 8.46. The number of hydrogen-bond acceptors (Lipinski definition) is 9. The number of fused-ring (bicyclic) bond motifs is 10. The molecule has 2 unspecified atom stereocenters. The maximum Gasteiger partial charge on any atom is 0.261 e. The Hall–Kier alpha value is -4.59. The van der Waals surface area contributed by atoms with Crippen LogP contribution in [0.4, 0.5) is 0 Å². The van der Waals surface area contributed by atoms with E-state index < -0.39 is 23.9 Å². The van der Waals surface area contributed by atoms with Gasteiger partial charge < -0.3 is 19.7 Å². The number of carbonyl (C=O) groups is 2. The van der Waals surface area contributed by atoms with E-state index in [-0.39, 0.29) is 43.0 Å². The van der Waals surface area contributed by atoms with Gasteiger partial charge >= 0.3 is 0 Å². The van der Waals surface area contributed by atoms with Crippen molar-refractivity contribution < 1.29 is 29.3 Å². The van der Waals surface area contributed by atoms with Crippen molar-refractivity contribution in [3.63, 3.8) is 0 Å². The first kappa shape index (κ1) is 27.0. The Morgan fingerprint density at radius 3 is 2.30 bits per heavy atom. The summed E-state index contributed by atoms with van der Waals surface area (Å²) < 4.78 is 11.8. The molecular weight excluding hydrogens is 560 g/mol. The van der Waals surface area contributed by atoms with E-state index in [0.29, 0.717) is 52.2 Å². The Morgan fingerprint density at radius 2 is 1.61 bits per heavy atom. The summed E-state index contributed by atoms with van der Waals surface area (Å²) in [6.07, 6.45) is 0.922. The summed E-state index contributed by atoms with van der Waals surface area (Å²) >= 11 is 0. The molecule has 0 aromatic heterocycles. The lowest BCUT2D eigenvalue weighted by molar-refractivity contribution is -0.0757. The number of hydrogen-bond donors (Lipinski definition) is 2. The molecule has 10 heteroatoms. The SMILES string of the molecule is Cc1cc2c(c(O)c1C)[C@@H]1C3Cc4c(O)c(C)c5c(c4[C@H](CN4C(=O)c6ccccc6C4=O)N3C(C#N)[C@@H](C2)N1C)OCO5. The van der Waals surface area contributed by atoms with Crippen LogP contribution in [-0.4, -0.2) is 75.2 Å². The van der Waals surface area contributed by atoms with Crippen molar-refractivity contribution in [2.24, 2.45) is 0 Å². The number of likely N-dealkylation sites (N-methyl/N-ethyl adjacent to an activating group) is 1. The lowest BCUT2D eigenvalue weighted by atomic mass is 9.71. The van der Waals surface area contributed by atoms with E-state index in [2.05, 4.69) is 21.9 Å². The van der Waals surface area contributed by atoms with Crippen molar-refractivity contribution in [1.82, 2.24) is 14.7 Å². The van der Waals surface area contributed by atoms with Crippen molar-refractivity contribution in [2.45, 2.75) is 63.8 Å². The van der Waals surface area contributed by atoms with Crippen molar-refractivity contribution in [2.75, 3.05) is 20.4 Å². The minimum absolute atomic E-state index is 0.0230. The van der Waals surface area contributed by atoms with E-state index in [9.17, 15) is 25.1 Å². The highest BCUT2D eigenvalue weighted by Gasteiger charge is 2.57. The zero-order valence-corrected chi connectivity index (χ0v) is 24.9. The first-order chi connectivity index (χ1) is 21.1. The number of rotatable bonds is 2. The first-order valence-corrected chi connectivity index (χ1v) is 14.9. The molecule has 0 saturated carbocycles. The molecule has 2 amide bonds. The molecule has 2 bridgehead atoms. The minimum Gasteiger partial charge on any atom is -0.507 e. The minimum atomic E-state index is -0.675. The third kappa shape index (κ3) is 3.31. The van der Waals surface area contributed by atoms with Crippen LogP contribution in [0.5, 0.6) is 23.0 Å². The monoisotopic (exact) mass is 592 g/mol. The van der Waals surface area contributed by atoms with Crippen LogP contribution in [0.15, 0.2) is 30.3 Å². The number of carbonyl (C=O) groups excluding carboxylic acids is 2. The zero-order valence-electron chi connectivity index (χ0n) is 24.9. The van der Waals surface area contributed by atoms with Gasteiger partial charge in [0.05, 0.1) is 29.3 Å². The Balaban J connectivity index is 1.35. The van der Waals surface area contributed by atoms with Crippen LogP contribution in [0.3, 0.4) is 0 Å². The fourth-order valence-corrected chi connectivity index (χ4v) is 8.46. The highest BCUT2D eigenvalue weighted by atomic mass is 16.7. The molecule has 8 rings (SSSR count). The molecule has 1 saturated heterocycles. The van der Waals surface area contributed by atoms with Crippen LogP contribution >= 0.6 is 0 Å². The standard InChI is InChI=1S/C34H32N4O6/c1-15-9-18-10-22-24(12-35)38-23(28(36(22)4)26(18)30(40)16(15)2)11-21-27(32-31(43-14-44-32)17(3)29(21)39)25(38)13-37-33(41)19-7-5-6-8-20(19)34(37)42/h5-9,22-25,28,39-40H,10-11,13-14H2,1-4H3/t22-,23?,24?,25+,28+/m1/s1. The number of piperazine rings is 1. The second-order valence-electron chi connectivity index (χ2n) is 12.6. The summed E-state index contributed by atoms with van der Waals surface area (Å²) in [6.45, 7) is 5.61. The maximum atomic E-state index is 13.7.